The summed E-state index contributed by atoms with van der Waals surface area (Å²) in [5.41, 5.74) is -0.0261. The quantitative estimate of drug-likeness (QED) is 0.875. The molecule has 0 saturated heterocycles. The van der Waals surface area contributed by atoms with Crippen LogP contribution in [0.4, 0.5) is 4.79 Å². The standard InChI is InChI=1S/C16H26N2O3/c1-11(2)10-13(18-15(20)21-16(3,4)5)14(19)12-8-6-7-9-17-12/h6-9,11,13-14,19H,10H2,1-5H3,(H,18,20). The molecule has 1 heterocycles. The highest BCUT2D eigenvalue weighted by molar-refractivity contribution is 5.68. The SMILES string of the molecule is CC(C)CC(NC(=O)OC(C)(C)C)C(O)c1ccccn1. The van der Waals surface area contributed by atoms with Crippen molar-refractivity contribution < 1.29 is 14.6 Å². The minimum Gasteiger partial charge on any atom is -0.444 e. The van der Waals surface area contributed by atoms with Crippen LogP contribution in [0.15, 0.2) is 24.4 Å². The first-order chi connectivity index (χ1) is 9.69. The first-order valence-electron chi connectivity index (χ1n) is 7.27. The van der Waals surface area contributed by atoms with Crippen molar-refractivity contribution in [1.82, 2.24) is 10.3 Å². The number of aliphatic hydroxyl groups excluding tert-OH is 1. The highest BCUT2D eigenvalue weighted by atomic mass is 16.6. The summed E-state index contributed by atoms with van der Waals surface area (Å²) in [7, 11) is 0. The molecule has 1 aromatic rings. The summed E-state index contributed by atoms with van der Waals surface area (Å²) in [6.45, 7) is 9.49. The van der Waals surface area contributed by atoms with E-state index in [0.717, 1.165) is 0 Å². The van der Waals surface area contributed by atoms with Gasteiger partial charge in [0.25, 0.3) is 0 Å². The van der Waals surface area contributed by atoms with E-state index in [2.05, 4.69) is 10.3 Å². The fourth-order valence-electron chi connectivity index (χ4n) is 1.99. The normalized spacial score (nSPS) is 14.6. The number of hydrogen-bond acceptors (Lipinski definition) is 4. The third-order valence-corrected chi connectivity index (χ3v) is 2.80. The third-order valence-electron chi connectivity index (χ3n) is 2.80. The third kappa shape index (κ3) is 6.58. The van der Waals surface area contributed by atoms with Crippen LogP contribution in [0.25, 0.3) is 0 Å². The van der Waals surface area contributed by atoms with Crippen molar-refractivity contribution in [3.8, 4) is 0 Å². The second-order valence-corrected chi connectivity index (χ2v) is 6.58. The van der Waals surface area contributed by atoms with Crippen LogP contribution in [0.3, 0.4) is 0 Å². The van der Waals surface area contributed by atoms with E-state index in [0.29, 0.717) is 18.0 Å². The van der Waals surface area contributed by atoms with Crippen LogP contribution in [0, 0.1) is 5.92 Å². The molecule has 0 aromatic carbocycles. The molecule has 1 aromatic heterocycles. The van der Waals surface area contributed by atoms with Gasteiger partial charge in [-0.15, -0.1) is 0 Å². The molecule has 0 aliphatic carbocycles. The average Bonchev–Trinajstić information content (AvgIpc) is 2.35. The van der Waals surface area contributed by atoms with Crippen LogP contribution >= 0.6 is 0 Å². The van der Waals surface area contributed by atoms with Crippen LogP contribution in [0.1, 0.15) is 52.8 Å². The molecular weight excluding hydrogens is 268 g/mol. The van der Waals surface area contributed by atoms with Gasteiger partial charge in [-0.25, -0.2) is 4.79 Å². The van der Waals surface area contributed by atoms with Crippen molar-refractivity contribution in [3.05, 3.63) is 30.1 Å². The summed E-state index contributed by atoms with van der Waals surface area (Å²) in [5.74, 6) is 0.322. The van der Waals surface area contributed by atoms with Gasteiger partial charge in [-0.3, -0.25) is 4.98 Å². The second kappa shape index (κ2) is 7.41. The molecule has 0 saturated carbocycles. The van der Waals surface area contributed by atoms with Gasteiger partial charge < -0.3 is 15.2 Å². The van der Waals surface area contributed by atoms with Gasteiger partial charge in [0, 0.05) is 6.20 Å². The van der Waals surface area contributed by atoms with Crippen molar-refractivity contribution >= 4 is 6.09 Å². The van der Waals surface area contributed by atoms with Gasteiger partial charge in [0.1, 0.15) is 11.7 Å². The number of aromatic nitrogens is 1. The zero-order chi connectivity index (χ0) is 16.0. The topological polar surface area (TPSA) is 71.5 Å². The van der Waals surface area contributed by atoms with Gasteiger partial charge >= 0.3 is 6.09 Å². The molecule has 2 unspecified atom stereocenters. The first kappa shape index (κ1) is 17.4. The number of carbonyl (C=O) groups excluding carboxylic acids is 1. The van der Waals surface area contributed by atoms with Crippen LogP contribution < -0.4 is 5.32 Å². The molecule has 0 aliphatic heterocycles. The Hall–Kier alpha value is -1.62. The fourth-order valence-corrected chi connectivity index (χ4v) is 1.99. The van der Waals surface area contributed by atoms with Gasteiger partial charge in [-0.2, -0.15) is 0 Å². The van der Waals surface area contributed by atoms with E-state index in [9.17, 15) is 9.90 Å². The summed E-state index contributed by atoms with van der Waals surface area (Å²) < 4.78 is 5.25. The lowest BCUT2D eigenvalue weighted by atomic mass is 9.97. The molecule has 2 N–H and O–H groups in total. The van der Waals surface area contributed by atoms with Gasteiger partial charge in [-0.1, -0.05) is 19.9 Å². The van der Waals surface area contributed by atoms with Crippen molar-refractivity contribution in [2.75, 3.05) is 0 Å². The molecule has 1 rings (SSSR count). The maximum absolute atomic E-state index is 11.9. The molecule has 5 nitrogen and oxygen atoms in total. The molecule has 1 amide bonds. The lowest BCUT2D eigenvalue weighted by molar-refractivity contribution is 0.0397. The Morgan fingerprint density at radius 2 is 2.05 bits per heavy atom. The molecule has 5 heteroatoms. The Balaban J connectivity index is 2.78. The van der Waals surface area contributed by atoms with Crippen molar-refractivity contribution in [3.63, 3.8) is 0 Å². The molecule has 118 valence electrons. The van der Waals surface area contributed by atoms with E-state index in [1.807, 2.05) is 19.9 Å². The van der Waals surface area contributed by atoms with E-state index in [1.165, 1.54) is 0 Å². The van der Waals surface area contributed by atoms with Crippen LogP contribution in [0.2, 0.25) is 0 Å². The minimum atomic E-state index is -0.860. The molecule has 21 heavy (non-hydrogen) atoms. The lowest BCUT2D eigenvalue weighted by Crippen LogP contribution is -2.43. The predicted octanol–water partition coefficient (Wildman–Crippen LogP) is 3.05. The van der Waals surface area contributed by atoms with Gasteiger partial charge in [0.05, 0.1) is 11.7 Å². The van der Waals surface area contributed by atoms with Gasteiger partial charge in [0.15, 0.2) is 0 Å². The average molecular weight is 294 g/mol. The smallest absolute Gasteiger partial charge is 0.407 e. The number of carbonyl (C=O) groups is 1. The summed E-state index contributed by atoms with van der Waals surface area (Å²) in [4.78, 5) is 16.1. The van der Waals surface area contributed by atoms with E-state index in [1.54, 1.807) is 39.1 Å². The molecule has 0 spiro atoms. The summed E-state index contributed by atoms with van der Waals surface area (Å²) >= 11 is 0. The Morgan fingerprint density at radius 3 is 2.52 bits per heavy atom. The highest BCUT2D eigenvalue weighted by Gasteiger charge is 2.27. The number of nitrogens with zero attached hydrogens (tertiary/aromatic N) is 1. The number of nitrogens with one attached hydrogen (secondary N) is 1. The molecular formula is C16H26N2O3. The van der Waals surface area contributed by atoms with E-state index < -0.39 is 23.8 Å². The Kier molecular flexibility index (Phi) is 6.15. The minimum absolute atomic E-state index is 0.322. The number of hydrogen-bond donors (Lipinski definition) is 2. The number of rotatable bonds is 5. The predicted molar refractivity (Wildman–Crippen MR) is 81.8 cm³/mol. The van der Waals surface area contributed by atoms with Crippen molar-refractivity contribution in [2.24, 2.45) is 5.92 Å². The monoisotopic (exact) mass is 294 g/mol. The van der Waals surface area contributed by atoms with E-state index in [-0.39, 0.29) is 0 Å². The summed E-state index contributed by atoms with van der Waals surface area (Å²) in [6.07, 6.45) is 0.874. The van der Waals surface area contributed by atoms with Crippen molar-refractivity contribution in [1.29, 1.82) is 0 Å². The maximum atomic E-state index is 11.9. The Morgan fingerprint density at radius 1 is 1.38 bits per heavy atom. The number of pyridine rings is 1. The second-order valence-electron chi connectivity index (χ2n) is 6.58. The fraction of sp³-hybridized carbons (Fsp3) is 0.625. The zero-order valence-electron chi connectivity index (χ0n) is 13.5. The Bertz CT molecular complexity index is 441. The van der Waals surface area contributed by atoms with E-state index >= 15 is 0 Å². The highest BCUT2D eigenvalue weighted by Crippen LogP contribution is 2.20. The van der Waals surface area contributed by atoms with Crippen LogP contribution in [0.5, 0.6) is 0 Å². The number of amides is 1. The number of aliphatic hydroxyl groups is 1. The van der Waals surface area contributed by atoms with Gasteiger partial charge in [-0.05, 0) is 45.2 Å². The summed E-state index contributed by atoms with van der Waals surface area (Å²) in [5, 5.41) is 13.2. The van der Waals surface area contributed by atoms with E-state index in [4.69, 9.17) is 4.74 Å². The molecule has 0 fully saturated rings. The van der Waals surface area contributed by atoms with Crippen LogP contribution in [-0.4, -0.2) is 27.8 Å². The lowest BCUT2D eigenvalue weighted by Gasteiger charge is -2.27. The largest absolute Gasteiger partial charge is 0.444 e. The molecule has 0 bridgehead atoms. The Labute approximate surface area is 126 Å². The number of alkyl carbamates (subject to hydrolysis) is 1. The molecule has 0 aliphatic rings. The first-order valence-corrected chi connectivity index (χ1v) is 7.27. The number of ether oxygens (including phenoxy) is 1. The maximum Gasteiger partial charge on any atom is 0.407 e. The van der Waals surface area contributed by atoms with Crippen LogP contribution in [-0.2, 0) is 4.74 Å². The molecule has 2 atom stereocenters. The summed E-state index contributed by atoms with van der Waals surface area (Å²) in [6, 6.07) is 4.91. The zero-order valence-corrected chi connectivity index (χ0v) is 13.5. The van der Waals surface area contributed by atoms with Crippen molar-refractivity contribution in [2.45, 2.75) is 58.8 Å². The van der Waals surface area contributed by atoms with Gasteiger partial charge in [0.2, 0.25) is 0 Å². The molecule has 0 radical (unpaired) electrons.